The number of aromatic hydroxyl groups is 1. The highest BCUT2D eigenvalue weighted by molar-refractivity contribution is 6.07. The first-order chi connectivity index (χ1) is 13.1. The van der Waals surface area contributed by atoms with Gasteiger partial charge >= 0.3 is 0 Å². The number of nitrogens with zero attached hydrogens (tertiary/aromatic N) is 3. The van der Waals surface area contributed by atoms with Crippen molar-refractivity contribution in [2.45, 2.75) is 0 Å². The Balaban J connectivity index is 1.62. The summed E-state index contributed by atoms with van der Waals surface area (Å²) in [4.78, 5) is 16.3. The minimum atomic E-state index is -0.569. The quantitative estimate of drug-likeness (QED) is 0.494. The Kier molecular flexibility index (Phi) is 5.57. The van der Waals surface area contributed by atoms with Crippen LogP contribution in [-0.4, -0.2) is 42.1 Å². The molecule has 138 valence electrons. The summed E-state index contributed by atoms with van der Waals surface area (Å²) in [5, 5.41) is 21.6. The lowest BCUT2D eigenvalue weighted by Gasteiger charge is -2.35. The largest absolute Gasteiger partial charge is 0.506 e. The molecule has 2 aromatic carbocycles. The van der Waals surface area contributed by atoms with Crippen LogP contribution in [0.15, 0.2) is 60.3 Å². The van der Waals surface area contributed by atoms with E-state index in [0.717, 1.165) is 5.69 Å². The number of amides is 1. The Morgan fingerprint density at radius 3 is 2.41 bits per heavy atom. The number of hydrogen-bond donors (Lipinski definition) is 2. The number of nitriles is 1. The van der Waals surface area contributed by atoms with Gasteiger partial charge in [0.1, 0.15) is 23.2 Å². The zero-order valence-corrected chi connectivity index (χ0v) is 14.6. The molecule has 0 saturated carbocycles. The van der Waals surface area contributed by atoms with Crippen LogP contribution in [0.5, 0.6) is 5.75 Å². The van der Waals surface area contributed by atoms with Crippen molar-refractivity contribution in [1.82, 2.24) is 4.90 Å². The summed E-state index contributed by atoms with van der Waals surface area (Å²) in [6.07, 6.45) is 1.54. The maximum Gasteiger partial charge on any atom is 0.267 e. The number of phenols is 1. The third-order valence-corrected chi connectivity index (χ3v) is 4.34. The molecule has 2 N–H and O–H groups in total. The summed E-state index contributed by atoms with van der Waals surface area (Å²) in [6, 6.07) is 14.6. The molecule has 0 aromatic heterocycles. The van der Waals surface area contributed by atoms with Crippen molar-refractivity contribution in [3.63, 3.8) is 0 Å². The number of anilines is 2. The van der Waals surface area contributed by atoms with Crippen LogP contribution in [0.3, 0.4) is 0 Å². The van der Waals surface area contributed by atoms with Gasteiger partial charge in [0.05, 0.1) is 5.69 Å². The van der Waals surface area contributed by atoms with E-state index in [-0.39, 0.29) is 22.8 Å². The fourth-order valence-corrected chi connectivity index (χ4v) is 2.85. The molecule has 6 nitrogen and oxygen atoms in total. The molecular weight excluding hydrogens is 347 g/mol. The molecule has 1 heterocycles. The number of nitrogens with one attached hydrogen (secondary N) is 1. The van der Waals surface area contributed by atoms with Crippen molar-refractivity contribution < 1.29 is 14.3 Å². The number of rotatable bonds is 4. The van der Waals surface area contributed by atoms with Gasteiger partial charge in [-0.05, 0) is 36.4 Å². The van der Waals surface area contributed by atoms with E-state index in [2.05, 4.69) is 10.2 Å². The second-order valence-corrected chi connectivity index (χ2v) is 6.13. The second kappa shape index (κ2) is 8.23. The molecule has 1 aliphatic rings. The monoisotopic (exact) mass is 366 g/mol. The number of halogens is 1. The van der Waals surface area contributed by atoms with Gasteiger partial charge in [-0.3, -0.25) is 4.79 Å². The zero-order chi connectivity index (χ0) is 19.2. The highest BCUT2D eigenvalue weighted by Gasteiger charge is 2.18. The molecule has 27 heavy (non-hydrogen) atoms. The van der Waals surface area contributed by atoms with Gasteiger partial charge in [0, 0.05) is 38.1 Å². The lowest BCUT2D eigenvalue weighted by Crippen LogP contribution is -2.44. The van der Waals surface area contributed by atoms with Gasteiger partial charge in [-0.2, -0.15) is 5.26 Å². The summed E-state index contributed by atoms with van der Waals surface area (Å²) >= 11 is 0. The van der Waals surface area contributed by atoms with Gasteiger partial charge < -0.3 is 20.2 Å². The summed E-state index contributed by atoms with van der Waals surface area (Å²) in [5.74, 6) is -0.898. The minimum absolute atomic E-state index is 0.0338. The van der Waals surface area contributed by atoms with E-state index < -0.39 is 5.91 Å². The van der Waals surface area contributed by atoms with Crippen LogP contribution < -0.4 is 10.2 Å². The minimum Gasteiger partial charge on any atom is -0.506 e. The van der Waals surface area contributed by atoms with Crippen molar-refractivity contribution in [2.75, 3.05) is 36.4 Å². The highest BCUT2D eigenvalue weighted by atomic mass is 19.1. The molecule has 0 atom stereocenters. The van der Waals surface area contributed by atoms with Crippen LogP contribution in [0.2, 0.25) is 0 Å². The third-order valence-electron chi connectivity index (χ3n) is 4.34. The van der Waals surface area contributed by atoms with Crippen LogP contribution in [-0.2, 0) is 4.79 Å². The Labute approximate surface area is 156 Å². The van der Waals surface area contributed by atoms with Crippen molar-refractivity contribution in [1.29, 1.82) is 5.26 Å². The molecule has 1 fully saturated rings. The van der Waals surface area contributed by atoms with E-state index in [1.54, 1.807) is 30.3 Å². The number of carbonyl (C=O) groups excluding carboxylic acids is 1. The van der Waals surface area contributed by atoms with E-state index in [4.69, 9.17) is 0 Å². The molecule has 0 aliphatic carbocycles. The lowest BCUT2D eigenvalue weighted by atomic mass is 10.2. The van der Waals surface area contributed by atoms with E-state index >= 15 is 0 Å². The van der Waals surface area contributed by atoms with Crippen molar-refractivity contribution in [3.8, 4) is 11.8 Å². The first kappa shape index (κ1) is 18.3. The molecule has 3 rings (SSSR count). The molecule has 1 aliphatic heterocycles. The van der Waals surface area contributed by atoms with Gasteiger partial charge in [0.25, 0.3) is 5.91 Å². The lowest BCUT2D eigenvalue weighted by molar-refractivity contribution is -0.112. The Bertz CT molecular complexity index is 882. The fourth-order valence-electron chi connectivity index (χ4n) is 2.85. The molecular formula is C20H19FN4O2. The summed E-state index contributed by atoms with van der Waals surface area (Å²) in [6.45, 7) is 2.66. The predicted molar refractivity (Wildman–Crippen MR) is 101 cm³/mol. The first-order valence-electron chi connectivity index (χ1n) is 8.52. The number of piperazine rings is 1. The number of carbonyl (C=O) groups is 1. The second-order valence-electron chi connectivity index (χ2n) is 6.13. The Hall–Kier alpha value is -3.53. The van der Waals surface area contributed by atoms with Gasteiger partial charge in [-0.1, -0.05) is 12.1 Å². The van der Waals surface area contributed by atoms with Gasteiger partial charge in [-0.25, -0.2) is 4.39 Å². The van der Waals surface area contributed by atoms with Crippen LogP contribution in [0.25, 0.3) is 0 Å². The Morgan fingerprint density at radius 2 is 1.78 bits per heavy atom. The number of phenolic OH excluding ortho intramolecular Hbond substituents is 1. The van der Waals surface area contributed by atoms with Crippen molar-refractivity contribution in [3.05, 3.63) is 66.1 Å². The fraction of sp³-hybridized carbons (Fsp3) is 0.200. The normalized spacial score (nSPS) is 14.6. The predicted octanol–water partition coefficient (Wildman–Crippen LogP) is 2.70. The number of hydrogen-bond acceptors (Lipinski definition) is 5. The van der Waals surface area contributed by atoms with Crippen LogP contribution in [0.1, 0.15) is 0 Å². The van der Waals surface area contributed by atoms with Gasteiger partial charge in [0.15, 0.2) is 0 Å². The molecule has 0 bridgehead atoms. The van der Waals surface area contributed by atoms with E-state index in [0.29, 0.717) is 26.2 Å². The summed E-state index contributed by atoms with van der Waals surface area (Å²) in [7, 11) is 0. The highest BCUT2D eigenvalue weighted by Crippen LogP contribution is 2.22. The molecule has 1 amide bonds. The molecule has 1 saturated heterocycles. The zero-order valence-electron chi connectivity index (χ0n) is 14.6. The van der Waals surface area contributed by atoms with Gasteiger partial charge in [-0.15, -0.1) is 0 Å². The molecule has 0 spiro atoms. The number of para-hydroxylation sites is 2. The SMILES string of the molecule is N#C/C(=C/N1CCN(c2ccc(F)cc2)CC1)C(=O)Nc1ccccc1O. The van der Waals surface area contributed by atoms with E-state index in [1.807, 2.05) is 11.0 Å². The van der Waals surface area contributed by atoms with E-state index in [1.165, 1.54) is 24.4 Å². The van der Waals surface area contributed by atoms with Crippen molar-refractivity contribution in [2.24, 2.45) is 0 Å². The topological polar surface area (TPSA) is 79.6 Å². The Morgan fingerprint density at radius 1 is 1.11 bits per heavy atom. The maximum absolute atomic E-state index is 13.0. The summed E-state index contributed by atoms with van der Waals surface area (Å²) < 4.78 is 13.0. The molecule has 0 radical (unpaired) electrons. The smallest absolute Gasteiger partial charge is 0.267 e. The maximum atomic E-state index is 13.0. The van der Waals surface area contributed by atoms with Crippen LogP contribution in [0.4, 0.5) is 15.8 Å². The van der Waals surface area contributed by atoms with Gasteiger partial charge in [0.2, 0.25) is 0 Å². The standard InChI is InChI=1S/C20H19FN4O2/c21-16-5-7-17(8-6-16)25-11-9-24(10-12-25)14-15(13-22)20(27)23-18-3-1-2-4-19(18)26/h1-8,14,26H,9-12H2,(H,23,27)/b15-14-. The average Bonchev–Trinajstić information content (AvgIpc) is 2.69. The molecule has 2 aromatic rings. The van der Waals surface area contributed by atoms with Crippen LogP contribution in [0, 0.1) is 17.1 Å². The number of benzene rings is 2. The van der Waals surface area contributed by atoms with Crippen molar-refractivity contribution >= 4 is 17.3 Å². The van der Waals surface area contributed by atoms with Crippen LogP contribution >= 0.6 is 0 Å². The average molecular weight is 366 g/mol. The summed E-state index contributed by atoms with van der Waals surface area (Å²) in [5.41, 5.74) is 1.16. The molecule has 7 heteroatoms. The first-order valence-corrected chi connectivity index (χ1v) is 8.52. The third kappa shape index (κ3) is 4.55. The van der Waals surface area contributed by atoms with E-state index in [9.17, 15) is 19.6 Å². The molecule has 0 unspecified atom stereocenters.